The Hall–Kier alpha value is -1.18. The molecule has 3 rings (SSSR count). The SMILES string of the molecule is CSc1cccc(N2CCCC3(CCCNC3)C2)c1C#N. The molecule has 0 aliphatic carbocycles. The first-order valence-corrected chi connectivity index (χ1v) is 9.03. The third-order valence-electron chi connectivity index (χ3n) is 4.90. The Morgan fingerprint density at radius 3 is 2.90 bits per heavy atom. The highest BCUT2D eigenvalue weighted by Gasteiger charge is 2.37. The summed E-state index contributed by atoms with van der Waals surface area (Å²) in [5.74, 6) is 0. The molecule has 1 spiro atoms. The van der Waals surface area contributed by atoms with Gasteiger partial charge < -0.3 is 10.2 Å². The third-order valence-corrected chi connectivity index (χ3v) is 5.68. The van der Waals surface area contributed by atoms with E-state index in [9.17, 15) is 5.26 Å². The lowest BCUT2D eigenvalue weighted by atomic mass is 9.74. The van der Waals surface area contributed by atoms with Gasteiger partial charge in [-0.05, 0) is 50.6 Å². The minimum Gasteiger partial charge on any atom is -0.370 e. The molecule has 112 valence electrons. The van der Waals surface area contributed by atoms with Crippen molar-refractivity contribution in [1.29, 1.82) is 5.26 Å². The van der Waals surface area contributed by atoms with Crippen LogP contribution in [-0.2, 0) is 0 Å². The lowest BCUT2D eigenvalue weighted by Crippen LogP contribution is -2.51. The molecule has 0 aromatic heterocycles. The summed E-state index contributed by atoms with van der Waals surface area (Å²) in [5.41, 5.74) is 2.40. The van der Waals surface area contributed by atoms with Gasteiger partial charge in [0.1, 0.15) is 6.07 Å². The summed E-state index contributed by atoms with van der Waals surface area (Å²) in [7, 11) is 0. The maximum absolute atomic E-state index is 9.56. The van der Waals surface area contributed by atoms with E-state index in [1.165, 1.54) is 25.7 Å². The van der Waals surface area contributed by atoms with Crippen LogP contribution in [0, 0.1) is 16.7 Å². The fraction of sp³-hybridized carbons (Fsp3) is 0.588. The smallest absolute Gasteiger partial charge is 0.103 e. The highest BCUT2D eigenvalue weighted by atomic mass is 32.2. The van der Waals surface area contributed by atoms with E-state index in [0.717, 1.165) is 42.3 Å². The maximum atomic E-state index is 9.56. The topological polar surface area (TPSA) is 39.1 Å². The van der Waals surface area contributed by atoms with Gasteiger partial charge in [-0.25, -0.2) is 0 Å². The number of nitrogens with one attached hydrogen (secondary N) is 1. The molecule has 1 aromatic carbocycles. The third kappa shape index (κ3) is 2.90. The number of hydrogen-bond acceptors (Lipinski definition) is 4. The first kappa shape index (κ1) is 14.7. The number of nitrogens with zero attached hydrogens (tertiary/aromatic N) is 2. The van der Waals surface area contributed by atoms with E-state index in [1.807, 2.05) is 6.26 Å². The Kier molecular flexibility index (Phi) is 4.42. The van der Waals surface area contributed by atoms with Crippen LogP contribution in [0.25, 0.3) is 0 Å². The molecule has 2 fully saturated rings. The van der Waals surface area contributed by atoms with E-state index in [1.54, 1.807) is 11.8 Å². The minimum atomic E-state index is 0.415. The van der Waals surface area contributed by atoms with Gasteiger partial charge in [-0.3, -0.25) is 0 Å². The van der Waals surface area contributed by atoms with Crippen LogP contribution in [0.15, 0.2) is 23.1 Å². The molecule has 1 unspecified atom stereocenters. The Bertz CT molecular complexity index is 538. The molecule has 21 heavy (non-hydrogen) atoms. The predicted octanol–water partition coefficient (Wildman–Crippen LogP) is 3.25. The fourth-order valence-corrected chi connectivity index (χ4v) is 4.43. The lowest BCUT2D eigenvalue weighted by molar-refractivity contribution is 0.173. The van der Waals surface area contributed by atoms with Crippen LogP contribution in [0.1, 0.15) is 31.2 Å². The van der Waals surface area contributed by atoms with E-state index in [-0.39, 0.29) is 0 Å². The van der Waals surface area contributed by atoms with Crippen molar-refractivity contribution in [2.75, 3.05) is 37.3 Å². The summed E-state index contributed by atoms with van der Waals surface area (Å²) < 4.78 is 0. The van der Waals surface area contributed by atoms with E-state index in [4.69, 9.17) is 0 Å². The molecule has 3 nitrogen and oxygen atoms in total. The summed E-state index contributed by atoms with van der Waals surface area (Å²) in [6.45, 7) is 4.46. The molecule has 0 saturated carbocycles. The molecule has 2 aliphatic heterocycles. The number of thioether (sulfide) groups is 1. The van der Waals surface area contributed by atoms with Gasteiger partial charge in [-0.15, -0.1) is 11.8 Å². The highest BCUT2D eigenvalue weighted by Crippen LogP contribution is 2.39. The minimum absolute atomic E-state index is 0.415. The highest BCUT2D eigenvalue weighted by molar-refractivity contribution is 7.98. The first-order chi connectivity index (χ1) is 10.3. The number of nitriles is 1. The molecule has 0 radical (unpaired) electrons. The standard InChI is InChI=1S/C17H23N3S/c1-21-16-6-2-5-15(14(16)11-18)20-10-4-8-17(13-20)7-3-9-19-12-17/h2,5-6,19H,3-4,7-10,12-13H2,1H3. The van der Waals surface area contributed by atoms with E-state index < -0.39 is 0 Å². The van der Waals surface area contributed by atoms with Crippen LogP contribution in [0.4, 0.5) is 5.69 Å². The number of benzene rings is 1. The van der Waals surface area contributed by atoms with Crippen LogP contribution >= 0.6 is 11.8 Å². The van der Waals surface area contributed by atoms with Crippen molar-refractivity contribution in [2.24, 2.45) is 5.41 Å². The molecule has 0 bridgehead atoms. The average molecular weight is 301 g/mol. The zero-order valence-corrected chi connectivity index (χ0v) is 13.5. The van der Waals surface area contributed by atoms with Gasteiger partial charge in [-0.2, -0.15) is 5.26 Å². The van der Waals surface area contributed by atoms with Crippen molar-refractivity contribution >= 4 is 17.4 Å². The van der Waals surface area contributed by atoms with E-state index in [2.05, 4.69) is 34.5 Å². The Balaban J connectivity index is 1.88. The van der Waals surface area contributed by atoms with Gasteiger partial charge in [0.05, 0.1) is 11.3 Å². The van der Waals surface area contributed by atoms with Crippen LogP contribution < -0.4 is 10.2 Å². The maximum Gasteiger partial charge on any atom is 0.103 e. The van der Waals surface area contributed by atoms with E-state index in [0.29, 0.717) is 5.41 Å². The van der Waals surface area contributed by atoms with Crippen LogP contribution in [-0.4, -0.2) is 32.4 Å². The molecule has 2 saturated heterocycles. The molecule has 0 amide bonds. The molecule has 1 aromatic rings. The van der Waals surface area contributed by atoms with Gasteiger partial charge in [0.15, 0.2) is 0 Å². The van der Waals surface area contributed by atoms with Gasteiger partial charge in [0.25, 0.3) is 0 Å². The number of anilines is 1. The Labute approximate surface area is 131 Å². The van der Waals surface area contributed by atoms with Crippen molar-refractivity contribution < 1.29 is 0 Å². The zero-order valence-electron chi connectivity index (χ0n) is 12.7. The van der Waals surface area contributed by atoms with Crippen molar-refractivity contribution in [1.82, 2.24) is 5.32 Å². The lowest BCUT2D eigenvalue weighted by Gasteiger charge is -2.46. The van der Waals surface area contributed by atoms with Crippen molar-refractivity contribution in [3.05, 3.63) is 23.8 Å². The first-order valence-electron chi connectivity index (χ1n) is 7.81. The molecule has 1 N–H and O–H groups in total. The molecule has 2 aliphatic rings. The second kappa shape index (κ2) is 6.29. The summed E-state index contributed by atoms with van der Waals surface area (Å²) in [6, 6.07) is 8.68. The van der Waals surface area contributed by atoms with Crippen LogP contribution in [0.3, 0.4) is 0 Å². The molecular formula is C17H23N3S. The normalized spacial score (nSPS) is 25.8. The monoisotopic (exact) mass is 301 g/mol. The van der Waals surface area contributed by atoms with Gasteiger partial charge >= 0.3 is 0 Å². The summed E-state index contributed by atoms with van der Waals surface area (Å²) in [4.78, 5) is 3.55. The summed E-state index contributed by atoms with van der Waals surface area (Å²) in [6.07, 6.45) is 7.20. The zero-order chi connectivity index (χ0) is 14.7. The summed E-state index contributed by atoms with van der Waals surface area (Å²) in [5, 5.41) is 13.1. The van der Waals surface area contributed by atoms with Crippen molar-refractivity contribution in [3.8, 4) is 6.07 Å². The number of piperidine rings is 2. The van der Waals surface area contributed by atoms with Gasteiger partial charge in [0, 0.05) is 29.9 Å². The Morgan fingerprint density at radius 2 is 2.19 bits per heavy atom. The fourth-order valence-electron chi connectivity index (χ4n) is 3.86. The largest absolute Gasteiger partial charge is 0.370 e. The summed E-state index contributed by atoms with van der Waals surface area (Å²) >= 11 is 1.66. The van der Waals surface area contributed by atoms with Crippen molar-refractivity contribution in [3.63, 3.8) is 0 Å². The van der Waals surface area contributed by atoms with Gasteiger partial charge in [-0.1, -0.05) is 6.07 Å². The van der Waals surface area contributed by atoms with E-state index >= 15 is 0 Å². The van der Waals surface area contributed by atoms with Gasteiger partial charge in [0.2, 0.25) is 0 Å². The Morgan fingerprint density at radius 1 is 1.33 bits per heavy atom. The second-order valence-corrected chi connectivity index (χ2v) is 7.12. The van der Waals surface area contributed by atoms with Crippen LogP contribution in [0.2, 0.25) is 0 Å². The number of rotatable bonds is 2. The predicted molar refractivity (Wildman–Crippen MR) is 88.9 cm³/mol. The molecule has 4 heteroatoms. The molecule has 1 atom stereocenters. The second-order valence-electron chi connectivity index (χ2n) is 6.27. The van der Waals surface area contributed by atoms with Crippen molar-refractivity contribution in [2.45, 2.75) is 30.6 Å². The number of hydrogen-bond donors (Lipinski definition) is 1. The average Bonchev–Trinajstić information content (AvgIpc) is 2.54. The molecule has 2 heterocycles. The molecular weight excluding hydrogens is 278 g/mol. The quantitative estimate of drug-likeness (QED) is 0.851. The van der Waals surface area contributed by atoms with Crippen LogP contribution in [0.5, 0.6) is 0 Å².